The molecule has 1 aliphatic heterocycles. The number of ether oxygens (including phenoxy) is 1. The molecule has 0 aliphatic carbocycles. The standard InChI is InChI=1S/C11H12O3/c1-8-5-6-10(14-8)11(12)9-4-2-3-7-13-9/h4-6H,2-3,7H2,1H3. The molecule has 0 saturated heterocycles. The lowest BCUT2D eigenvalue weighted by molar-refractivity contribution is 0.0871. The first-order valence-electron chi connectivity index (χ1n) is 4.71. The van der Waals surface area contributed by atoms with Crippen LogP contribution in [0.4, 0.5) is 0 Å². The smallest absolute Gasteiger partial charge is 0.262 e. The summed E-state index contributed by atoms with van der Waals surface area (Å²) in [5.74, 6) is 1.36. The van der Waals surface area contributed by atoms with Gasteiger partial charge in [0.1, 0.15) is 5.76 Å². The van der Waals surface area contributed by atoms with E-state index in [4.69, 9.17) is 9.15 Å². The topological polar surface area (TPSA) is 39.4 Å². The van der Waals surface area contributed by atoms with E-state index in [1.807, 2.05) is 13.0 Å². The number of carbonyl (C=O) groups excluding carboxylic acids is 1. The lowest BCUT2D eigenvalue weighted by Crippen LogP contribution is -2.10. The lowest BCUT2D eigenvalue weighted by Gasteiger charge is -2.12. The molecule has 0 unspecified atom stereocenters. The molecule has 0 amide bonds. The zero-order valence-electron chi connectivity index (χ0n) is 8.08. The summed E-state index contributed by atoms with van der Waals surface area (Å²) in [4.78, 5) is 11.7. The third kappa shape index (κ3) is 1.71. The molecular formula is C11H12O3. The van der Waals surface area contributed by atoms with E-state index >= 15 is 0 Å². The van der Waals surface area contributed by atoms with E-state index in [1.165, 1.54) is 0 Å². The maximum Gasteiger partial charge on any atom is 0.262 e. The monoisotopic (exact) mass is 192 g/mol. The van der Waals surface area contributed by atoms with Crippen LogP contribution in [0.15, 0.2) is 28.4 Å². The van der Waals surface area contributed by atoms with Crippen LogP contribution in [-0.4, -0.2) is 12.4 Å². The molecule has 1 aromatic heterocycles. The summed E-state index contributed by atoms with van der Waals surface area (Å²) in [5.41, 5.74) is 0. The van der Waals surface area contributed by atoms with Crippen molar-refractivity contribution < 1.29 is 13.9 Å². The van der Waals surface area contributed by atoms with Gasteiger partial charge in [0.25, 0.3) is 5.78 Å². The summed E-state index contributed by atoms with van der Waals surface area (Å²) in [5, 5.41) is 0. The molecule has 74 valence electrons. The molecule has 0 bridgehead atoms. The van der Waals surface area contributed by atoms with E-state index in [1.54, 1.807) is 12.1 Å². The Morgan fingerprint density at radius 3 is 2.86 bits per heavy atom. The number of hydrogen-bond donors (Lipinski definition) is 0. The predicted octanol–water partition coefficient (Wildman–Crippen LogP) is 2.47. The molecule has 0 radical (unpaired) electrons. The largest absolute Gasteiger partial charge is 0.490 e. The Hall–Kier alpha value is -1.51. The molecular weight excluding hydrogens is 180 g/mol. The number of hydrogen-bond acceptors (Lipinski definition) is 3. The Morgan fingerprint density at radius 2 is 2.29 bits per heavy atom. The molecule has 2 heterocycles. The number of rotatable bonds is 2. The van der Waals surface area contributed by atoms with Crippen molar-refractivity contribution in [2.45, 2.75) is 19.8 Å². The molecule has 14 heavy (non-hydrogen) atoms. The average molecular weight is 192 g/mol. The minimum absolute atomic E-state index is 0.155. The molecule has 0 atom stereocenters. The summed E-state index contributed by atoms with van der Waals surface area (Å²) in [7, 11) is 0. The molecule has 0 fully saturated rings. The molecule has 0 spiro atoms. The highest BCUT2D eigenvalue weighted by Crippen LogP contribution is 2.17. The first-order valence-corrected chi connectivity index (χ1v) is 4.71. The maximum atomic E-state index is 11.7. The van der Waals surface area contributed by atoms with Gasteiger partial charge in [-0.1, -0.05) is 0 Å². The fourth-order valence-electron chi connectivity index (χ4n) is 1.39. The molecule has 0 aromatic carbocycles. The number of allylic oxidation sites excluding steroid dienone is 2. The maximum absolute atomic E-state index is 11.7. The van der Waals surface area contributed by atoms with E-state index in [9.17, 15) is 4.79 Å². The van der Waals surface area contributed by atoms with E-state index in [0.717, 1.165) is 18.6 Å². The van der Waals surface area contributed by atoms with Crippen molar-refractivity contribution in [1.82, 2.24) is 0 Å². The SMILES string of the molecule is Cc1ccc(C(=O)C2=CCCCO2)o1. The summed E-state index contributed by atoms with van der Waals surface area (Å²) >= 11 is 0. The van der Waals surface area contributed by atoms with Crippen LogP contribution in [0.5, 0.6) is 0 Å². The molecule has 0 saturated carbocycles. The van der Waals surface area contributed by atoms with Crippen LogP contribution in [0.2, 0.25) is 0 Å². The van der Waals surface area contributed by atoms with Gasteiger partial charge in [-0.3, -0.25) is 4.79 Å². The summed E-state index contributed by atoms with van der Waals surface area (Å²) < 4.78 is 10.5. The van der Waals surface area contributed by atoms with Crippen LogP contribution in [0.25, 0.3) is 0 Å². The predicted molar refractivity (Wildman–Crippen MR) is 51.0 cm³/mol. The first-order chi connectivity index (χ1) is 6.77. The van der Waals surface area contributed by atoms with E-state index in [2.05, 4.69) is 0 Å². The molecule has 0 N–H and O–H groups in total. The Bertz CT molecular complexity index is 374. The second kappa shape index (κ2) is 3.70. The fraction of sp³-hybridized carbons (Fsp3) is 0.364. The highest BCUT2D eigenvalue weighted by Gasteiger charge is 2.18. The fourth-order valence-corrected chi connectivity index (χ4v) is 1.39. The van der Waals surface area contributed by atoms with Crippen molar-refractivity contribution in [3.63, 3.8) is 0 Å². The third-order valence-electron chi connectivity index (χ3n) is 2.12. The van der Waals surface area contributed by atoms with E-state index in [-0.39, 0.29) is 5.78 Å². The molecule has 1 aliphatic rings. The number of Topliss-reactive ketones (excluding diaryl/α,β-unsaturated/α-hetero) is 1. The second-order valence-corrected chi connectivity index (χ2v) is 3.30. The van der Waals surface area contributed by atoms with Gasteiger partial charge in [-0.05, 0) is 38.0 Å². The van der Waals surface area contributed by atoms with Crippen molar-refractivity contribution in [3.05, 3.63) is 35.5 Å². The molecule has 1 aromatic rings. The number of aryl methyl sites for hydroxylation is 1. The van der Waals surface area contributed by atoms with E-state index in [0.29, 0.717) is 18.1 Å². The van der Waals surface area contributed by atoms with Crippen LogP contribution in [0.1, 0.15) is 29.2 Å². The van der Waals surface area contributed by atoms with E-state index < -0.39 is 0 Å². The Kier molecular flexibility index (Phi) is 2.39. The minimum atomic E-state index is -0.155. The zero-order chi connectivity index (χ0) is 9.97. The minimum Gasteiger partial charge on any atom is -0.490 e. The highest BCUT2D eigenvalue weighted by molar-refractivity contribution is 6.05. The van der Waals surface area contributed by atoms with Gasteiger partial charge in [-0.15, -0.1) is 0 Å². The Labute approximate surface area is 82.4 Å². The Morgan fingerprint density at radius 1 is 1.43 bits per heavy atom. The van der Waals surface area contributed by atoms with Crippen molar-refractivity contribution >= 4 is 5.78 Å². The zero-order valence-corrected chi connectivity index (χ0v) is 8.08. The highest BCUT2D eigenvalue weighted by atomic mass is 16.5. The molecule has 2 rings (SSSR count). The number of furan rings is 1. The van der Waals surface area contributed by atoms with Gasteiger partial charge in [-0.25, -0.2) is 0 Å². The molecule has 3 heteroatoms. The van der Waals surface area contributed by atoms with Gasteiger partial charge in [0.05, 0.1) is 6.61 Å². The summed E-state index contributed by atoms with van der Waals surface area (Å²) in [6.45, 7) is 2.43. The Balaban J connectivity index is 2.19. The van der Waals surface area contributed by atoms with Crippen molar-refractivity contribution in [1.29, 1.82) is 0 Å². The van der Waals surface area contributed by atoms with Crippen molar-refractivity contribution in [3.8, 4) is 0 Å². The van der Waals surface area contributed by atoms with Crippen molar-refractivity contribution in [2.75, 3.05) is 6.61 Å². The van der Waals surface area contributed by atoms with Gasteiger partial charge in [0, 0.05) is 0 Å². The van der Waals surface area contributed by atoms with Gasteiger partial charge >= 0.3 is 0 Å². The van der Waals surface area contributed by atoms with Crippen LogP contribution >= 0.6 is 0 Å². The van der Waals surface area contributed by atoms with Gasteiger partial charge in [0.15, 0.2) is 11.5 Å². The quantitative estimate of drug-likeness (QED) is 0.676. The van der Waals surface area contributed by atoms with Crippen LogP contribution in [0.3, 0.4) is 0 Å². The van der Waals surface area contributed by atoms with Crippen molar-refractivity contribution in [2.24, 2.45) is 0 Å². The average Bonchev–Trinajstić information content (AvgIpc) is 2.65. The van der Waals surface area contributed by atoms with Crippen LogP contribution in [0, 0.1) is 6.92 Å². The van der Waals surface area contributed by atoms with Gasteiger partial charge in [0.2, 0.25) is 0 Å². The summed E-state index contributed by atoms with van der Waals surface area (Å²) in [6, 6.07) is 3.45. The van der Waals surface area contributed by atoms with Crippen LogP contribution in [-0.2, 0) is 4.74 Å². The third-order valence-corrected chi connectivity index (χ3v) is 2.12. The normalized spacial score (nSPS) is 15.9. The second-order valence-electron chi connectivity index (χ2n) is 3.30. The summed E-state index contributed by atoms with van der Waals surface area (Å²) in [6.07, 6.45) is 3.71. The van der Waals surface area contributed by atoms with Gasteiger partial charge in [-0.2, -0.15) is 0 Å². The van der Waals surface area contributed by atoms with Gasteiger partial charge < -0.3 is 9.15 Å². The van der Waals surface area contributed by atoms with Crippen LogP contribution < -0.4 is 0 Å². The molecule has 3 nitrogen and oxygen atoms in total. The number of carbonyl (C=O) groups is 1. The first kappa shape index (κ1) is 9.06. The lowest BCUT2D eigenvalue weighted by atomic mass is 10.2. The number of ketones is 1.